The molecule has 0 aromatic heterocycles. The van der Waals surface area contributed by atoms with Crippen molar-refractivity contribution in [3.05, 3.63) is 48.6 Å². The molecular formula is C65H126N2O6P+. The predicted molar refractivity (Wildman–Crippen MR) is 323 cm³/mol. The molecular weight excluding hydrogens is 936 g/mol. The first kappa shape index (κ1) is 72.5. The van der Waals surface area contributed by atoms with E-state index in [1.807, 2.05) is 27.2 Å². The van der Waals surface area contributed by atoms with E-state index in [4.69, 9.17) is 9.05 Å². The van der Waals surface area contributed by atoms with Crippen LogP contribution in [-0.4, -0.2) is 73.4 Å². The molecule has 74 heavy (non-hydrogen) atoms. The third-order valence-corrected chi connectivity index (χ3v) is 15.5. The maximum Gasteiger partial charge on any atom is 0.472 e. The van der Waals surface area contributed by atoms with Crippen molar-refractivity contribution in [3.8, 4) is 0 Å². The van der Waals surface area contributed by atoms with Crippen LogP contribution in [0.3, 0.4) is 0 Å². The number of nitrogens with one attached hydrogen (secondary N) is 1. The Morgan fingerprint density at radius 2 is 0.770 bits per heavy atom. The Kier molecular flexibility index (Phi) is 55.0. The van der Waals surface area contributed by atoms with Crippen molar-refractivity contribution in [1.82, 2.24) is 5.32 Å². The minimum atomic E-state index is -4.35. The summed E-state index contributed by atoms with van der Waals surface area (Å²) in [5.74, 6) is -0.181. The number of aliphatic hydroxyl groups is 1. The second-order valence-electron chi connectivity index (χ2n) is 23.1. The van der Waals surface area contributed by atoms with Crippen LogP contribution in [0.5, 0.6) is 0 Å². The highest BCUT2D eigenvalue weighted by atomic mass is 31.2. The van der Waals surface area contributed by atoms with Gasteiger partial charge < -0.3 is 19.8 Å². The first-order valence-corrected chi connectivity index (χ1v) is 33.5. The second kappa shape index (κ2) is 56.2. The molecule has 0 aliphatic carbocycles. The van der Waals surface area contributed by atoms with Crippen molar-refractivity contribution in [1.29, 1.82) is 0 Å². The van der Waals surface area contributed by atoms with E-state index in [0.717, 1.165) is 57.8 Å². The number of rotatable bonds is 59. The number of carbonyl (C=O) groups excluding carboxylic acids is 1. The van der Waals surface area contributed by atoms with E-state index in [0.29, 0.717) is 17.4 Å². The molecule has 9 heteroatoms. The van der Waals surface area contributed by atoms with Gasteiger partial charge in [-0.1, -0.05) is 294 Å². The van der Waals surface area contributed by atoms with Gasteiger partial charge in [0.25, 0.3) is 0 Å². The van der Waals surface area contributed by atoms with E-state index >= 15 is 0 Å². The Hall–Kier alpha value is -1.54. The van der Waals surface area contributed by atoms with Crippen LogP contribution in [0.2, 0.25) is 0 Å². The first-order valence-electron chi connectivity index (χ1n) is 32.0. The van der Waals surface area contributed by atoms with Gasteiger partial charge in [-0.25, -0.2) is 4.57 Å². The van der Waals surface area contributed by atoms with E-state index < -0.39 is 20.0 Å². The van der Waals surface area contributed by atoms with Gasteiger partial charge in [0, 0.05) is 6.42 Å². The standard InChI is InChI=1S/C65H125N2O6P/c1-6-8-10-12-14-16-18-20-22-24-26-28-30-31-32-33-34-35-37-38-40-42-44-46-48-50-52-54-56-58-64(68)63(62-73-74(70,71)72-61-60-67(3,4)5)66-65(69)59-57-55-53-51-49-47-45-43-41-39-36-29-27-25-23-21-19-17-15-13-11-9-7-2/h19,21,25,27,36,39,56,58,63-64,68H,6-18,20,22-24,26,28-35,37-38,40-55,57,59-62H2,1-5H3,(H-,66,69,70,71)/p+1/b21-19-,27-25-,39-36-,58-56+. The van der Waals surface area contributed by atoms with E-state index in [-0.39, 0.29) is 19.1 Å². The molecule has 0 aliphatic heterocycles. The van der Waals surface area contributed by atoms with Gasteiger partial charge in [-0.3, -0.25) is 13.8 Å². The Morgan fingerprint density at radius 1 is 0.459 bits per heavy atom. The molecule has 0 aliphatic rings. The van der Waals surface area contributed by atoms with Crippen LogP contribution in [0.25, 0.3) is 0 Å². The number of nitrogens with zero attached hydrogens (tertiary/aromatic N) is 1. The fourth-order valence-electron chi connectivity index (χ4n) is 9.52. The van der Waals surface area contributed by atoms with Crippen molar-refractivity contribution in [2.45, 2.75) is 321 Å². The van der Waals surface area contributed by atoms with Gasteiger partial charge in [-0.2, -0.15) is 0 Å². The van der Waals surface area contributed by atoms with Crippen LogP contribution >= 0.6 is 7.82 Å². The number of carbonyl (C=O) groups is 1. The van der Waals surface area contributed by atoms with E-state index in [1.54, 1.807) is 6.08 Å². The molecule has 0 spiro atoms. The molecule has 0 rings (SSSR count). The molecule has 0 aromatic carbocycles. The quantitative estimate of drug-likeness (QED) is 0.0243. The molecule has 0 fully saturated rings. The van der Waals surface area contributed by atoms with Gasteiger partial charge in [0.05, 0.1) is 39.9 Å². The summed E-state index contributed by atoms with van der Waals surface area (Å²) in [6, 6.07) is -0.853. The van der Waals surface area contributed by atoms with Gasteiger partial charge in [0.2, 0.25) is 5.91 Å². The van der Waals surface area contributed by atoms with Crippen LogP contribution in [0.4, 0.5) is 0 Å². The lowest BCUT2D eigenvalue weighted by Gasteiger charge is -2.25. The lowest BCUT2D eigenvalue weighted by Crippen LogP contribution is -2.45. The number of hydrogen-bond acceptors (Lipinski definition) is 5. The number of phosphoric acid groups is 1. The summed E-state index contributed by atoms with van der Waals surface area (Å²) < 4.78 is 23.8. The smallest absolute Gasteiger partial charge is 0.387 e. The normalized spacial score (nSPS) is 14.1. The summed E-state index contributed by atoms with van der Waals surface area (Å²) in [5, 5.41) is 14.0. The summed E-state index contributed by atoms with van der Waals surface area (Å²) >= 11 is 0. The molecule has 3 N–H and O–H groups in total. The second-order valence-corrected chi connectivity index (χ2v) is 24.6. The highest BCUT2D eigenvalue weighted by Gasteiger charge is 2.27. The fraction of sp³-hybridized carbons (Fsp3) is 0.862. The third kappa shape index (κ3) is 58.1. The lowest BCUT2D eigenvalue weighted by atomic mass is 10.0. The largest absolute Gasteiger partial charge is 0.472 e. The zero-order valence-electron chi connectivity index (χ0n) is 49.8. The summed E-state index contributed by atoms with van der Waals surface area (Å²) in [5.41, 5.74) is 0. The van der Waals surface area contributed by atoms with Crippen LogP contribution in [0.1, 0.15) is 309 Å². The molecule has 0 bridgehead atoms. The number of hydrogen-bond donors (Lipinski definition) is 3. The van der Waals surface area contributed by atoms with Gasteiger partial charge in [0.15, 0.2) is 0 Å². The topological polar surface area (TPSA) is 105 Å². The van der Waals surface area contributed by atoms with Crippen LogP contribution < -0.4 is 5.32 Å². The highest BCUT2D eigenvalue weighted by molar-refractivity contribution is 7.47. The van der Waals surface area contributed by atoms with Crippen molar-refractivity contribution < 1.29 is 32.9 Å². The Balaban J connectivity index is 4.15. The summed E-state index contributed by atoms with van der Waals surface area (Å²) in [4.78, 5) is 23.4. The van der Waals surface area contributed by atoms with Gasteiger partial charge in [0.1, 0.15) is 13.2 Å². The van der Waals surface area contributed by atoms with Gasteiger partial charge in [-0.15, -0.1) is 0 Å². The molecule has 8 nitrogen and oxygen atoms in total. The van der Waals surface area contributed by atoms with E-state index in [2.05, 4.69) is 55.6 Å². The molecule has 436 valence electrons. The van der Waals surface area contributed by atoms with Crippen LogP contribution in [0, 0.1) is 0 Å². The zero-order valence-corrected chi connectivity index (χ0v) is 50.7. The van der Waals surface area contributed by atoms with Crippen LogP contribution in [-0.2, 0) is 18.4 Å². The number of allylic oxidation sites excluding steroid dienone is 7. The SMILES string of the molecule is CCCCCCC/C=C\C/C=C\C/C=C\CCCCCCCCCCC(=O)NC(COP(=O)(O)OCC[N+](C)(C)C)C(O)/C=C/CCCCCCCCCCCCCCCCCCCCCCCCCCCCC. The van der Waals surface area contributed by atoms with Crippen molar-refractivity contribution >= 4 is 13.7 Å². The minimum Gasteiger partial charge on any atom is -0.387 e. The zero-order chi connectivity index (χ0) is 54.2. The summed E-state index contributed by atoms with van der Waals surface area (Å²) in [6.45, 7) is 4.84. The van der Waals surface area contributed by atoms with E-state index in [1.165, 1.54) is 231 Å². The number of unbranched alkanes of at least 4 members (excludes halogenated alkanes) is 40. The highest BCUT2D eigenvalue weighted by Crippen LogP contribution is 2.43. The maximum absolute atomic E-state index is 13.0. The molecule has 0 heterocycles. The van der Waals surface area contributed by atoms with Crippen LogP contribution in [0.15, 0.2) is 48.6 Å². The average molecular weight is 1060 g/mol. The third-order valence-electron chi connectivity index (χ3n) is 14.5. The first-order chi connectivity index (χ1) is 36.0. The minimum absolute atomic E-state index is 0.0593. The Morgan fingerprint density at radius 3 is 1.12 bits per heavy atom. The summed E-state index contributed by atoms with van der Waals surface area (Å²) in [6.07, 6.45) is 75.2. The fourth-order valence-corrected chi connectivity index (χ4v) is 10.3. The van der Waals surface area contributed by atoms with Crippen molar-refractivity contribution in [3.63, 3.8) is 0 Å². The monoisotopic (exact) mass is 1060 g/mol. The Labute approximate surface area is 460 Å². The summed E-state index contributed by atoms with van der Waals surface area (Å²) in [7, 11) is 1.57. The average Bonchev–Trinajstić information content (AvgIpc) is 3.36. The number of quaternary nitrogens is 1. The molecule has 0 aromatic rings. The van der Waals surface area contributed by atoms with Gasteiger partial charge in [-0.05, 0) is 57.8 Å². The molecule has 3 unspecified atom stereocenters. The number of likely N-dealkylation sites (N-methyl/N-ethyl adjacent to an activating group) is 1. The van der Waals surface area contributed by atoms with Gasteiger partial charge >= 0.3 is 7.82 Å². The molecule has 0 radical (unpaired) electrons. The predicted octanol–water partition coefficient (Wildman–Crippen LogP) is 19.9. The number of phosphoric ester groups is 1. The number of amides is 1. The Bertz CT molecular complexity index is 1340. The molecule has 0 saturated heterocycles. The molecule has 3 atom stereocenters. The van der Waals surface area contributed by atoms with E-state index in [9.17, 15) is 19.4 Å². The maximum atomic E-state index is 13.0. The van der Waals surface area contributed by atoms with Crippen molar-refractivity contribution in [2.24, 2.45) is 0 Å². The number of aliphatic hydroxyl groups excluding tert-OH is 1. The molecule has 0 saturated carbocycles. The van der Waals surface area contributed by atoms with Crippen molar-refractivity contribution in [2.75, 3.05) is 40.9 Å². The molecule has 1 amide bonds. The lowest BCUT2D eigenvalue weighted by molar-refractivity contribution is -0.870.